The van der Waals surface area contributed by atoms with Crippen LogP contribution in [0.3, 0.4) is 0 Å². The molecule has 1 amide bonds. The van der Waals surface area contributed by atoms with E-state index >= 15 is 0 Å². The minimum Gasteiger partial charge on any atom is -0.380 e. The van der Waals surface area contributed by atoms with Crippen molar-refractivity contribution in [2.45, 2.75) is 50.6 Å². The summed E-state index contributed by atoms with van der Waals surface area (Å²) in [6.45, 7) is 10.9. The van der Waals surface area contributed by atoms with Crippen LogP contribution in [-0.2, 0) is 16.0 Å². The molecule has 0 saturated carbocycles. The van der Waals surface area contributed by atoms with Gasteiger partial charge in [-0.25, -0.2) is 13.8 Å². The second-order valence-corrected chi connectivity index (χ2v) is 10.9. The number of aromatic nitrogens is 1. The van der Waals surface area contributed by atoms with Gasteiger partial charge >= 0.3 is 0 Å². The molecular formula is C26H35F2N5O2. The highest BCUT2D eigenvalue weighted by Gasteiger charge is 2.46. The molecule has 0 N–H and O–H groups in total. The fourth-order valence-electron chi connectivity index (χ4n) is 6.71. The normalized spacial score (nSPS) is 28.1. The molecule has 6 rings (SSSR count). The van der Waals surface area contributed by atoms with Crippen molar-refractivity contribution in [2.75, 3.05) is 68.8 Å². The van der Waals surface area contributed by atoms with Gasteiger partial charge in [-0.15, -0.1) is 0 Å². The smallest absolute Gasteiger partial charge is 0.280 e. The highest BCUT2D eigenvalue weighted by atomic mass is 19.3. The number of halogens is 2. The number of rotatable bonds is 4. The molecule has 5 aliphatic heterocycles. The summed E-state index contributed by atoms with van der Waals surface area (Å²) in [6, 6.07) is 2.82. The van der Waals surface area contributed by atoms with Crippen LogP contribution in [0.4, 0.5) is 20.3 Å². The maximum absolute atomic E-state index is 14.2. The quantitative estimate of drug-likeness (QED) is 0.609. The van der Waals surface area contributed by atoms with Crippen molar-refractivity contribution in [3.8, 4) is 0 Å². The Hall–Kier alpha value is -2.26. The van der Waals surface area contributed by atoms with Gasteiger partial charge in [0.1, 0.15) is 11.5 Å². The molecule has 0 aromatic carbocycles. The van der Waals surface area contributed by atoms with Crippen LogP contribution >= 0.6 is 0 Å². The van der Waals surface area contributed by atoms with E-state index < -0.39 is 6.43 Å². The molecule has 7 nitrogen and oxygen atoms in total. The summed E-state index contributed by atoms with van der Waals surface area (Å²) in [5.74, 6) is 0.700. The number of piperidine rings is 1. The number of amides is 1. The first-order valence-corrected chi connectivity index (χ1v) is 13.0. The van der Waals surface area contributed by atoms with Gasteiger partial charge in [0.25, 0.3) is 6.43 Å². The van der Waals surface area contributed by atoms with Crippen LogP contribution in [0.15, 0.2) is 18.7 Å². The van der Waals surface area contributed by atoms with Crippen LogP contribution in [0.5, 0.6) is 0 Å². The van der Waals surface area contributed by atoms with Gasteiger partial charge in [0, 0.05) is 80.6 Å². The Morgan fingerprint density at radius 2 is 1.89 bits per heavy atom. The summed E-state index contributed by atoms with van der Waals surface area (Å²) >= 11 is 0. The number of hydrogen-bond acceptors (Lipinski definition) is 6. The molecule has 190 valence electrons. The van der Waals surface area contributed by atoms with Gasteiger partial charge in [0.15, 0.2) is 0 Å². The molecule has 1 aromatic rings. The number of alkyl halides is 2. The third-order valence-electron chi connectivity index (χ3n) is 9.02. The van der Waals surface area contributed by atoms with Crippen molar-refractivity contribution in [3.05, 3.63) is 30.0 Å². The standard InChI is InChI=1S/C26H35F2N5O2/c1-2-23(34)32-12-10-30(11-13-32)21-15-33-19(21)5-3-4-18-20(33)14-22(29-24(18)25(27)28)31-8-6-26(7-9-31)16-35-17-26/h2,14,19,21,25H,1,3-13,15-17H2. The zero-order valence-corrected chi connectivity index (χ0v) is 20.3. The molecule has 2 atom stereocenters. The molecule has 0 aliphatic carbocycles. The van der Waals surface area contributed by atoms with E-state index in [4.69, 9.17) is 4.74 Å². The molecule has 0 radical (unpaired) electrons. The number of hydrogen-bond donors (Lipinski definition) is 0. The first-order chi connectivity index (χ1) is 17.0. The average Bonchev–Trinajstić information content (AvgIpc) is 2.98. The largest absolute Gasteiger partial charge is 0.380 e. The van der Waals surface area contributed by atoms with E-state index in [2.05, 4.69) is 32.3 Å². The van der Waals surface area contributed by atoms with Gasteiger partial charge in [-0.2, -0.15) is 0 Å². The van der Waals surface area contributed by atoms with Gasteiger partial charge < -0.3 is 19.4 Å². The summed E-state index contributed by atoms with van der Waals surface area (Å²) in [7, 11) is 0. The van der Waals surface area contributed by atoms with Gasteiger partial charge in [-0.3, -0.25) is 9.69 Å². The second kappa shape index (κ2) is 9.00. The second-order valence-electron chi connectivity index (χ2n) is 10.9. The summed E-state index contributed by atoms with van der Waals surface area (Å²) in [6.07, 6.45) is 3.43. The number of nitrogens with zero attached hydrogens (tertiary/aromatic N) is 5. The van der Waals surface area contributed by atoms with E-state index in [9.17, 15) is 13.6 Å². The van der Waals surface area contributed by atoms with E-state index in [0.717, 1.165) is 96.0 Å². The fourth-order valence-corrected chi connectivity index (χ4v) is 6.71. The zero-order chi connectivity index (χ0) is 24.2. The van der Waals surface area contributed by atoms with Crippen LogP contribution < -0.4 is 9.80 Å². The lowest BCUT2D eigenvalue weighted by molar-refractivity contribution is -0.128. The van der Waals surface area contributed by atoms with Crippen molar-refractivity contribution in [3.63, 3.8) is 0 Å². The number of pyridine rings is 1. The third-order valence-corrected chi connectivity index (χ3v) is 9.02. The molecule has 6 heterocycles. The Morgan fingerprint density at radius 3 is 2.51 bits per heavy atom. The van der Waals surface area contributed by atoms with E-state index in [-0.39, 0.29) is 11.6 Å². The summed E-state index contributed by atoms with van der Waals surface area (Å²) in [4.78, 5) is 25.4. The number of fused-ring (bicyclic) bond motifs is 3. The maximum Gasteiger partial charge on any atom is 0.280 e. The maximum atomic E-state index is 14.2. The Labute approximate surface area is 205 Å². The van der Waals surface area contributed by atoms with Crippen molar-refractivity contribution in [1.82, 2.24) is 14.8 Å². The highest BCUT2D eigenvalue weighted by molar-refractivity contribution is 5.87. The molecular weight excluding hydrogens is 452 g/mol. The molecule has 5 aliphatic rings. The molecule has 4 fully saturated rings. The summed E-state index contributed by atoms with van der Waals surface area (Å²) < 4.78 is 33.8. The van der Waals surface area contributed by atoms with E-state index in [1.165, 1.54) is 6.08 Å². The van der Waals surface area contributed by atoms with Crippen molar-refractivity contribution < 1.29 is 18.3 Å². The minimum atomic E-state index is -2.57. The van der Waals surface area contributed by atoms with E-state index in [0.29, 0.717) is 29.7 Å². The first-order valence-electron chi connectivity index (χ1n) is 13.0. The van der Waals surface area contributed by atoms with Crippen molar-refractivity contribution in [2.24, 2.45) is 5.41 Å². The molecule has 1 spiro atoms. The van der Waals surface area contributed by atoms with Crippen LogP contribution in [0.25, 0.3) is 0 Å². The van der Waals surface area contributed by atoms with E-state index in [1.807, 2.05) is 4.90 Å². The molecule has 1 aromatic heterocycles. The van der Waals surface area contributed by atoms with Crippen LogP contribution in [0, 0.1) is 5.41 Å². The highest BCUT2D eigenvalue weighted by Crippen LogP contribution is 2.44. The van der Waals surface area contributed by atoms with E-state index in [1.54, 1.807) is 0 Å². The lowest BCUT2D eigenvalue weighted by Crippen LogP contribution is -2.69. The molecule has 2 unspecified atom stereocenters. The zero-order valence-electron chi connectivity index (χ0n) is 20.3. The number of anilines is 2. The molecule has 9 heteroatoms. The topological polar surface area (TPSA) is 52.2 Å². The number of ether oxygens (including phenoxy) is 1. The van der Waals surface area contributed by atoms with Crippen LogP contribution in [0.1, 0.15) is 43.4 Å². The predicted octanol–water partition coefficient (Wildman–Crippen LogP) is 2.86. The first kappa shape index (κ1) is 23.2. The van der Waals surface area contributed by atoms with Gasteiger partial charge in [-0.1, -0.05) is 6.58 Å². The monoisotopic (exact) mass is 487 g/mol. The SMILES string of the molecule is C=CC(=O)N1CCN(C2CN3c4cc(N5CCC6(CC5)COC6)nc(C(F)F)c4CCCC23)CC1. The van der Waals surface area contributed by atoms with Crippen LogP contribution in [-0.4, -0.2) is 91.8 Å². The minimum absolute atomic E-state index is 0.00342. The number of carbonyl (C=O) groups is 1. The van der Waals surface area contributed by atoms with Crippen molar-refractivity contribution in [1.29, 1.82) is 0 Å². The summed E-state index contributed by atoms with van der Waals surface area (Å²) in [5.41, 5.74) is 1.98. The Morgan fingerprint density at radius 1 is 1.14 bits per heavy atom. The number of carbonyl (C=O) groups excluding carboxylic acids is 1. The lowest BCUT2D eigenvalue weighted by atomic mass is 9.77. The summed E-state index contributed by atoms with van der Waals surface area (Å²) in [5, 5.41) is 0. The van der Waals surface area contributed by atoms with Crippen LogP contribution in [0.2, 0.25) is 0 Å². The molecule has 4 saturated heterocycles. The predicted molar refractivity (Wildman–Crippen MR) is 130 cm³/mol. The van der Waals surface area contributed by atoms with Gasteiger partial charge in [0.2, 0.25) is 5.91 Å². The number of piperazine rings is 1. The van der Waals surface area contributed by atoms with Gasteiger partial charge in [-0.05, 0) is 38.2 Å². The molecule has 0 bridgehead atoms. The lowest BCUT2D eigenvalue weighted by Gasteiger charge is -2.55. The third kappa shape index (κ3) is 4.00. The Balaban J connectivity index is 1.21. The Bertz CT molecular complexity index is 982. The van der Waals surface area contributed by atoms with Crippen molar-refractivity contribution >= 4 is 17.4 Å². The fraction of sp³-hybridized carbons (Fsp3) is 0.692. The molecule has 35 heavy (non-hydrogen) atoms. The average molecular weight is 488 g/mol. The Kier molecular flexibility index (Phi) is 5.95. The van der Waals surface area contributed by atoms with Gasteiger partial charge in [0.05, 0.1) is 13.2 Å².